The first-order valence-corrected chi connectivity index (χ1v) is 9.32. The topological polar surface area (TPSA) is 74.8 Å². The third-order valence-electron chi connectivity index (χ3n) is 4.73. The normalized spacial score (nSPS) is 16.3. The molecule has 1 aliphatic rings. The highest BCUT2D eigenvalue weighted by Crippen LogP contribution is 2.31. The van der Waals surface area contributed by atoms with E-state index in [1.807, 2.05) is 19.9 Å². The Morgan fingerprint density at radius 3 is 2.78 bits per heavy atom. The highest BCUT2D eigenvalue weighted by Gasteiger charge is 2.32. The van der Waals surface area contributed by atoms with Crippen LogP contribution in [0.15, 0.2) is 30.5 Å². The predicted octanol–water partition coefficient (Wildman–Crippen LogP) is 4.07. The molecule has 4 rings (SSSR count). The lowest BCUT2D eigenvalue weighted by Gasteiger charge is -2.35. The maximum absolute atomic E-state index is 13.1. The van der Waals surface area contributed by atoms with Crippen molar-refractivity contribution < 1.29 is 4.79 Å². The fourth-order valence-electron chi connectivity index (χ4n) is 3.42. The van der Waals surface area contributed by atoms with Crippen LogP contribution in [-0.4, -0.2) is 37.0 Å². The van der Waals surface area contributed by atoms with E-state index in [-0.39, 0.29) is 11.9 Å². The van der Waals surface area contributed by atoms with Crippen LogP contribution in [0.5, 0.6) is 0 Å². The van der Waals surface area contributed by atoms with Gasteiger partial charge in [-0.25, -0.2) is 9.97 Å². The van der Waals surface area contributed by atoms with Gasteiger partial charge in [-0.15, -0.1) is 0 Å². The van der Waals surface area contributed by atoms with E-state index in [4.69, 9.17) is 23.2 Å². The summed E-state index contributed by atoms with van der Waals surface area (Å²) in [7, 11) is 0. The molecule has 0 radical (unpaired) electrons. The number of rotatable bonds is 2. The molecule has 0 spiro atoms. The smallest absolute Gasteiger partial charge is 0.255 e. The molecular formula is C19H17Cl2N5O. The van der Waals surface area contributed by atoms with Gasteiger partial charge in [0.2, 0.25) is 0 Å². The molecule has 0 saturated heterocycles. The van der Waals surface area contributed by atoms with Crippen molar-refractivity contribution in [3.63, 3.8) is 0 Å². The van der Waals surface area contributed by atoms with Crippen LogP contribution in [0.25, 0.3) is 11.4 Å². The Bertz CT molecular complexity index is 1020. The van der Waals surface area contributed by atoms with E-state index in [0.29, 0.717) is 34.4 Å². The fraction of sp³-hybridized carbons (Fsp3) is 0.263. The first-order chi connectivity index (χ1) is 12.9. The van der Waals surface area contributed by atoms with E-state index in [1.165, 1.54) is 0 Å². The molecule has 0 fully saturated rings. The minimum atomic E-state index is -0.130. The molecule has 1 aliphatic heterocycles. The van der Waals surface area contributed by atoms with Crippen LogP contribution < -0.4 is 0 Å². The van der Waals surface area contributed by atoms with Gasteiger partial charge in [0.05, 0.1) is 34.2 Å². The molecule has 0 bridgehead atoms. The van der Waals surface area contributed by atoms with Crippen molar-refractivity contribution in [1.29, 1.82) is 0 Å². The van der Waals surface area contributed by atoms with E-state index in [1.54, 1.807) is 29.3 Å². The highest BCUT2D eigenvalue weighted by molar-refractivity contribution is 6.36. The quantitative estimate of drug-likeness (QED) is 0.701. The number of amides is 1. The Morgan fingerprint density at radius 2 is 2.07 bits per heavy atom. The number of aromatic amines is 1. The molecule has 3 heterocycles. The van der Waals surface area contributed by atoms with Gasteiger partial charge in [0.25, 0.3) is 5.91 Å². The van der Waals surface area contributed by atoms with Gasteiger partial charge >= 0.3 is 0 Å². The number of hydrogen-bond donors (Lipinski definition) is 1. The third-order valence-corrected chi connectivity index (χ3v) is 5.28. The van der Waals surface area contributed by atoms with Gasteiger partial charge in [-0.2, -0.15) is 5.10 Å². The number of halogens is 2. The number of hydrogen-bond acceptors (Lipinski definition) is 4. The van der Waals surface area contributed by atoms with Gasteiger partial charge < -0.3 is 4.90 Å². The Balaban J connectivity index is 1.72. The van der Waals surface area contributed by atoms with Crippen LogP contribution in [0, 0.1) is 6.92 Å². The van der Waals surface area contributed by atoms with Crippen LogP contribution in [-0.2, 0) is 13.0 Å². The van der Waals surface area contributed by atoms with Gasteiger partial charge in [-0.05, 0) is 44.5 Å². The monoisotopic (exact) mass is 401 g/mol. The number of carbonyl (C=O) groups excluding carboxylic acids is 1. The summed E-state index contributed by atoms with van der Waals surface area (Å²) >= 11 is 12.2. The van der Waals surface area contributed by atoms with Crippen molar-refractivity contribution in [2.24, 2.45) is 0 Å². The van der Waals surface area contributed by atoms with Crippen LogP contribution in [0.4, 0.5) is 0 Å². The second-order valence-corrected chi connectivity index (χ2v) is 7.47. The van der Waals surface area contributed by atoms with Crippen LogP contribution >= 0.6 is 23.2 Å². The lowest BCUT2D eigenvalue weighted by molar-refractivity contribution is 0.0654. The SMILES string of the molecule is Cc1nc2c(c(-c3ccn[nH]3)n1)CC(C)N(C(=O)c1ccc(Cl)cc1Cl)C2. The summed E-state index contributed by atoms with van der Waals surface area (Å²) in [6.45, 7) is 4.26. The van der Waals surface area contributed by atoms with Crippen molar-refractivity contribution in [3.8, 4) is 11.4 Å². The van der Waals surface area contributed by atoms with Gasteiger partial charge in [0, 0.05) is 22.8 Å². The predicted molar refractivity (Wildman–Crippen MR) is 104 cm³/mol. The van der Waals surface area contributed by atoms with E-state index in [9.17, 15) is 4.79 Å². The molecule has 1 unspecified atom stereocenters. The number of aromatic nitrogens is 4. The number of nitrogens with zero attached hydrogens (tertiary/aromatic N) is 4. The molecule has 1 aromatic carbocycles. The van der Waals surface area contributed by atoms with Gasteiger partial charge in [0.1, 0.15) is 5.82 Å². The molecular weight excluding hydrogens is 385 g/mol. The standard InChI is InChI=1S/C19H17Cl2N5O/c1-10-7-14-17(23-11(2)24-18(14)16-5-6-22-25-16)9-26(10)19(27)13-4-3-12(20)8-15(13)21/h3-6,8,10H,7,9H2,1-2H3,(H,22,25). The van der Waals surface area contributed by atoms with E-state index in [0.717, 1.165) is 22.6 Å². The summed E-state index contributed by atoms with van der Waals surface area (Å²) in [6.07, 6.45) is 2.35. The molecule has 1 amide bonds. The molecule has 6 nitrogen and oxygen atoms in total. The number of H-pyrrole nitrogens is 1. The first kappa shape index (κ1) is 17.9. The van der Waals surface area contributed by atoms with Crippen molar-refractivity contribution in [1.82, 2.24) is 25.1 Å². The number of aryl methyl sites for hydroxylation is 1. The van der Waals surface area contributed by atoms with E-state index < -0.39 is 0 Å². The Kier molecular flexibility index (Phi) is 4.61. The lowest BCUT2D eigenvalue weighted by Crippen LogP contribution is -2.43. The van der Waals surface area contributed by atoms with Crippen molar-refractivity contribution >= 4 is 29.1 Å². The zero-order valence-electron chi connectivity index (χ0n) is 14.8. The number of nitrogens with one attached hydrogen (secondary N) is 1. The van der Waals surface area contributed by atoms with Gasteiger partial charge in [0.15, 0.2) is 0 Å². The molecule has 8 heteroatoms. The summed E-state index contributed by atoms with van der Waals surface area (Å²) in [4.78, 5) is 24.1. The summed E-state index contributed by atoms with van der Waals surface area (Å²) in [5.74, 6) is 0.527. The van der Waals surface area contributed by atoms with Crippen LogP contribution in [0.1, 0.15) is 34.4 Å². The van der Waals surface area contributed by atoms with Crippen LogP contribution in [0.3, 0.4) is 0 Å². The minimum Gasteiger partial charge on any atom is -0.330 e. The zero-order valence-corrected chi connectivity index (χ0v) is 16.3. The molecule has 138 valence electrons. The average Bonchev–Trinajstić information content (AvgIpc) is 3.15. The largest absolute Gasteiger partial charge is 0.330 e. The van der Waals surface area contributed by atoms with Gasteiger partial charge in [-0.1, -0.05) is 23.2 Å². The number of carbonyl (C=O) groups is 1. The summed E-state index contributed by atoms with van der Waals surface area (Å²) in [6, 6.07) is 6.78. The second-order valence-electron chi connectivity index (χ2n) is 6.63. The Hall–Kier alpha value is -2.44. The van der Waals surface area contributed by atoms with Crippen molar-refractivity contribution in [2.45, 2.75) is 32.9 Å². The van der Waals surface area contributed by atoms with Gasteiger partial charge in [-0.3, -0.25) is 9.89 Å². The average molecular weight is 402 g/mol. The minimum absolute atomic E-state index is 0.0234. The molecule has 1 atom stereocenters. The highest BCUT2D eigenvalue weighted by atomic mass is 35.5. The number of benzene rings is 1. The molecule has 27 heavy (non-hydrogen) atoms. The zero-order chi connectivity index (χ0) is 19.1. The Labute approximate surface area is 166 Å². The number of fused-ring (bicyclic) bond motifs is 1. The molecule has 0 aliphatic carbocycles. The summed E-state index contributed by atoms with van der Waals surface area (Å²) in [5.41, 5.74) is 4.03. The molecule has 1 N–H and O–H groups in total. The van der Waals surface area contributed by atoms with Crippen LogP contribution in [0.2, 0.25) is 10.0 Å². The van der Waals surface area contributed by atoms with E-state index >= 15 is 0 Å². The second kappa shape index (κ2) is 6.94. The Morgan fingerprint density at radius 1 is 1.26 bits per heavy atom. The maximum atomic E-state index is 13.1. The summed E-state index contributed by atoms with van der Waals surface area (Å²) < 4.78 is 0. The summed E-state index contributed by atoms with van der Waals surface area (Å²) in [5, 5.41) is 7.84. The van der Waals surface area contributed by atoms with E-state index in [2.05, 4.69) is 20.2 Å². The van der Waals surface area contributed by atoms with Crippen molar-refractivity contribution in [2.75, 3.05) is 0 Å². The molecule has 0 saturated carbocycles. The fourth-order valence-corrected chi connectivity index (χ4v) is 3.91. The van der Waals surface area contributed by atoms with Crippen molar-refractivity contribution in [3.05, 3.63) is 63.2 Å². The molecule has 2 aromatic heterocycles. The third kappa shape index (κ3) is 3.31. The molecule has 3 aromatic rings. The maximum Gasteiger partial charge on any atom is 0.255 e. The first-order valence-electron chi connectivity index (χ1n) is 8.56. The lowest BCUT2D eigenvalue weighted by atomic mass is 9.95.